The van der Waals surface area contributed by atoms with E-state index in [1.807, 2.05) is 13.0 Å². The summed E-state index contributed by atoms with van der Waals surface area (Å²) in [5.41, 5.74) is 0.448. The van der Waals surface area contributed by atoms with Crippen LogP contribution in [0.25, 0.3) is 0 Å². The summed E-state index contributed by atoms with van der Waals surface area (Å²) >= 11 is 8.82. The van der Waals surface area contributed by atoms with Gasteiger partial charge in [0.25, 0.3) is 0 Å². The van der Waals surface area contributed by atoms with Crippen LogP contribution in [0.3, 0.4) is 0 Å². The van der Waals surface area contributed by atoms with E-state index in [0.29, 0.717) is 10.2 Å². The van der Waals surface area contributed by atoms with Crippen LogP contribution in [0.15, 0.2) is 28.7 Å². The average molecular weight is 367 g/mol. The van der Waals surface area contributed by atoms with Crippen LogP contribution in [-0.4, -0.2) is 9.97 Å². The number of hydrogen-bond donors (Lipinski definition) is 1. The summed E-state index contributed by atoms with van der Waals surface area (Å²) < 4.78 is 38.6. The summed E-state index contributed by atoms with van der Waals surface area (Å²) in [5, 5.41) is 2.32. The number of aromatic nitrogens is 2. The van der Waals surface area contributed by atoms with E-state index in [1.165, 1.54) is 0 Å². The molecule has 1 aromatic heterocycles. The molecule has 2 aromatic rings. The lowest BCUT2D eigenvalue weighted by molar-refractivity contribution is -0.141. The first-order chi connectivity index (χ1) is 9.25. The van der Waals surface area contributed by atoms with E-state index in [9.17, 15) is 13.2 Å². The highest BCUT2D eigenvalue weighted by Gasteiger charge is 2.33. The standard InChI is InChI=1S/C12H8BrClF3N3/c1-6-2-3-7(13)8(4-6)18-10-5-9(12(15,16)17)19-11(14)20-10/h2-5H,1H3,(H,18,19,20). The Morgan fingerprint density at radius 2 is 1.90 bits per heavy atom. The second-order valence-electron chi connectivity index (χ2n) is 4.01. The van der Waals surface area contributed by atoms with Gasteiger partial charge < -0.3 is 5.32 Å². The second kappa shape index (κ2) is 5.57. The normalized spacial score (nSPS) is 11.5. The Kier molecular flexibility index (Phi) is 4.19. The fourth-order valence-electron chi connectivity index (χ4n) is 1.50. The number of aryl methyl sites for hydroxylation is 1. The molecule has 0 aliphatic rings. The fourth-order valence-corrected chi connectivity index (χ4v) is 2.03. The zero-order chi connectivity index (χ0) is 14.9. The predicted molar refractivity (Wildman–Crippen MR) is 74.2 cm³/mol. The van der Waals surface area contributed by atoms with E-state index in [2.05, 4.69) is 31.2 Å². The summed E-state index contributed by atoms with van der Waals surface area (Å²) in [6, 6.07) is 6.22. The van der Waals surface area contributed by atoms with Gasteiger partial charge in [-0.1, -0.05) is 6.07 Å². The van der Waals surface area contributed by atoms with Crippen LogP contribution in [0, 0.1) is 6.92 Å². The molecule has 0 saturated carbocycles. The third-order valence-electron chi connectivity index (χ3n) is 2.37. The van der Waals surface area contributed by atoms with Crippen molar-refractivity contribution >= 4 is 39.0 Å². The Balaban J connectivity index is 2.39. The van der Waals surface area contributed by atoms with Crippen molar-refractivity contribution in [2.45, 2.75) is 13.1 Å². The third kappa shape index (κ3) is 3.61. The molecule has 3 nitrogen and oxygen atoms in total. The monoisotopic (exact) mass is 365 g/mol. The number of benzene rings is 1. The van der Waals surface area contributed by atoms with Crippen molar-refractivity contribution in [3.05, 3.63) is 45.3 Å². The minimum atomic E-state index is -4.58. The smallest absolute Gasteiger partial charge is 0.339 e. The van der Waals surface area contributed by atoms with Crippen LogP contribution in [0.1, 0.15) is 11.3 Å². The quantitative estimate of drug-likeness (QED) is 0.763. The van der Waals surface area contributed by atoms with Crippen molar-refractivity contribution in [1.29, 1.82) is 0 Å². The number of alkyl halides is 3. The van der Waals surface area contributed by atoms with Gasteiger partial charge in [-0.2, -0.15) is 13.2 Å². The van der Waals surface area contributed by atoms with Crippen LogP contribution in [0.4, 0.5) is 24.7 Å². The SMILES string of the molecule is Cc1ccc(Br)c(Nc2cc(C(F)(F)F)nc(Cl)n2)c1. The fraction of sp³-hybridized carbons (Fsp3) is 0.167. The molecule has 0 atom stereocenters. The van der Waals surface area contributed by atoms with Crippen molar-refractivity contribution in [2.75, 3.05) is 5.32 Å². The summed E-state index contributed by atoms with van der Waals surface area (Å²) in [4.78, 5) is 6.90. The van der Waals surface area contributed by atoms with E-state index in [0.717, 1.165) is 11.6 Å². The van der Waals surface area contributed by atoms with E-state index >= 15 is 0 Å². The highest BCUT2D eigenvalue weighted by atomic mass is 79.9. The molecule has 0 fully saturated rings. The minimum absolute atomic E-state index is 0.0244. The first-order valence-corrected chi connectivity index (χ1v) is 6.58. The summed E-state index contributed by atoms with van der Waals surface area (Å²) in [7, 11) is 0. The molecule has 0 saturated heterocycles. The first-order valence-electron chi connectivity index (χ1n) is 5.40. The van der Waals surface area contributed by atoms with Gasteiger partial charge in [-0.3, -0.25) is 0 Å². The topological polar surface area (TPSA) is 37.8 Å². The minimum Gasteiger partial charge on any atom is -0.339 e. The lowest BCUT2D eigenvalue weighted by Crippen LogP contribution is -2.10. The van der Waals surface area contributed by atoms with Gasteiger partial charge in [-0.25, -0.2) is 9.97 Å². The molecule has 1 N–H and O–H groups in total. The third-order valence-corrected chi connectivity index (χ3v) is 3.23. The van der Waals surface area contributed by atoms with Gasteiger partial charge >= 0.3 is 6.18 Å². The molecule has 20 heavy (non-hydrogen) atoms. The zero-order valence-electron chi connectivity index (χ0n) is 10.1. The molecule has 0 bridgehead atoms. The van der Waals surface area contributed by atoms with Gasteiger partial charge in [0.15, 0.2) is 5.69 Å². The molecule has 1 aromatic carbocycles. The Hall–Kier alpha value is -1.34. The maximum absolute atomic E-state index is 12.6. The molecular weight excluding hydrogens is 359 g/mol. The maximum atomic E-state index is 12.6. The van der Waals surface area contributed by atoms with Crippen molar-refractivity contribution in [3.8, 4) is 0 Å². The van der Waals surface area contributed by atoms with Crippen LogP contribution in [0.2, 0.25) is 5.28 Å². The Morgan fingerprint density at radius 3 is 2.55 bits per heavy atom. The van der Waals surface area contributed by atoms with E-state index in [1.54, 1.807) is 12.1 Å². The molecule has 1 heterocycles. The van der Waals surface area contributed by atoms with E-state index < -0.39 is 17.2 Å². The molecule has 0 radical (unpaired) electrons. The number of nitrogens with one attached hydrogen (secondary N) is 1. The zero-order valence-corrected chi connectivity index (χ0v) is 12.4. The van der Waals surface area contributed by atoms with Gasteiger partial charge in [0.1, 0.15) is 5.82 Å². The van der Waals surface area contributed by atoms with Crippen molar-refractivity contribution in [2.24, 2.45) is 0 Å². The maximum Gasteiger partial charge on any atom is 0.433 e. The Bertz CT molecular complexity index is 646. The van der Waals surface area contributed by atoms with Gasteiger partial charge in [0, 0.05) is 10.5 Å². The molecule has 2 rings (SSSR count). The Labute approximate surface area is 126 Å². The van der Waals surface area contributed by atoms with E-state index in [4.69, 9.17) is 11.6 Å². The number of nitrogens with zero attached hydrogens (tertiary/aromatic N) is 2. The number of halogens is 5. The molecule has 0 spiro atoms. The highest BCUT2D eigenvalue weighted by molar-refractivity contribution is 9.10. The molecule has 0 amide bonds. The van der Waals surface area contributed by atoms with Crippen LogP contribution in [-0.2, 0) is 6.18 Å². The molecular formula is C12H8BrClF3N3. The molecule has 0 unspecified atom stereocenters. The molecule has 0 aliphatic carbocycles. The molecule has 0 aliphatic heterocycles. The van der Waals surface area contributed by atoms with Crippen molar-refractivity contribution < 1.29 is 13.2 Å². The second-order valence-corrected chi connectivity index (χ2v) is 5.21. The van der Waals surface area contributed by atoms with Crippen molar-refractivity contribution in [1.82, 2.24) is 9.97 Å². The molecule has 8 heteroatoms. The van der Waals surface area contributed by atoms with Gasteiger partial charge in [0.2, 0.25) is 5.28 Å². The van der Waals surface area contributed by atoms with Gasteiger partial charge in [-0.05, 0) is 52.2 Å². The van der Waals surface area contributed by atoms with Crippen LogP contribution >= 0.6 is 27.5 Å². The lowest BCUT2D eigenvalue weighted by atomic mass is 10.2. The lowest BCUT2D eigenvalue weighted by Gasteiger charge is -2.11. The highest BCUT2D eigenvalue weighted by Crippen LogP contribution is 2.31. The average Bonchev–Trinajstić information content (AvgIpc) is 2.32. The number of anilines is 2. The largest absolute Gasteiger partial charge is 0.433 e. The Morgan fingerprint density at radius 1 is 1.20 bits per heavy atom. The van der Waals surface area contributed by atoms with Gasteiger partial charge in [0.05, 0.1) is 5.69 Å². The number of rotatable bonds is 2. The van der Waals surface area contributed by atoms with Crippen LogP contribution < -0.4 is 5.32 Å². The summed E-state index contributed by atoms with van der Waals surface area (Å²) in [6.07, 6.45) is -4.58. The summed E-state index contributed by atoms with van der Waals surface area (Å²) in [5.74, 6) is -0.0244. The van der Waals surface area contributed by atoms with E-state index in [-0.39, 0.29) is 5.82 Å². The van der Waals surface area contributed by atoms with Crippen molar-refractivity contribution in [3.63, 3.8) is 0 Å². The molecule has 106 valence electrons. The summed E-state index contributed by atoms with van der Waals surface area (Å²) in [6.45, 7) is 1.87. The first kappa shape index (κ1) is 15.1. The number of hydrogen-bond acceptors (Lipinski definition) is 3. The van der Waals surface area contributed by atoms with Gasteiger partial charge in [-0.15, -0.1) is 0 Å². The van der Waals surface area contributed by atoms with Crippen LogP contribution in [0.5, 0.6) is 0 Å². The predicted octanol–water partition coefficient (Wildman–Crippen LogP) is 4.96.